The van der Waals surface area contributed by atoms with E-state index < -0.39 is 20.9 Å². The molecule has 38 heavy (non-hydrogen) atoms. The number of hydrogen-bond donors (Lipinski definition) is 1. The summed E-state index contributed by atoms with van der Waals surface area (Å²) in [5.74, 6) is -0.633. The van der Waals surface area contributed by atoms with Crippen LogP contribution in [0.5, 0.6) is 0 Å². The molecule has 4 aromatic rings. The number of amides is 1. The maximum atomic E-state index is 13.8. The molecule has 0 saturated carbocycles. The number of benzene rings is 4. The lowest BCUT2D eigenvalue weighted by Crippen LogP contribution is -2.33. The fourth-order valence-corrected chi connectivity index (χ4v) is 5.25. The summed E-state index contributed by atoms with van der Waals surface area (Å²) < 4.78 is 28.7. The zero-order valence-corrected chi connectivity index (χ0v) is 21.2. The highest BCUT2D eigenvalue weighted by Gasteiger charge is 2.28. The molecule has 1 N–H and O–H groups in total. The summed E-state index contributed by atoms with van der Waals surface area (Å²) >= 11 is 0. The third-order valence-corrected chi connectivity index (χ3v) is 7.49. The van der Waals surface area contributed by atoms with Gasteiger partial charge >= 0.3 is 0 Å². The highest BCUT2D eigenvalue weighted by Crippen LogP contribution is 2.29. The number of carbonyl (C=O) groups is 1. The van der Waals surface area contributed by atoms with Gasteiger partial charge in [-0.2, -0.15) is 5.10 Å². The van der Waals surface area contributed by atoms with Crippen LogP contribution < -0.4 is 9.73 Å². The van der Waals surface area contributed by atoms with Crippen LogP contribution in [0, 0.1) is 10.1 Å². The van der Waals surface area contributed by atoms with E-state index in [1.54, 1.807) is 49.4 Å². The highest BCUT2D eigenvalue weighted by molar-refractivity contribution is 7.92. The van der Waals surface area contributed by atoms with Gasteiger partial charge in [-0.1, -0.05) is 72.8 Å². The van der Waals surface area contributed by atoms with Crippen molar-refractivity contribution in [2.45, 2.75) is 18.4 Å². The first kappa shape index (κ1) is 26.2. The molecule has 4 aromatic carbocycles. The van der Waals surface area contributed by atoms with E-state index in [2.05, 4.69) is 10.5 Å². The number of para-hydroxylation sites is 1. The monoisotopic (exact) mass is 528 g/mol. The normalized spacial score (nSPS) is 11.6. The Hall–Kier alpha value is -4.83. The number of nitro benzene ring substituents is 1. The fourth-order valence-electron chi connectivity index (χ4n) is 3.76. The van der Waals surface area contributed by atoms with Crippen LogP contribution in [0.15, 0.2) is 119 Å². The van der Waals surface area contributed by atoms with Gasteiger partial charge in [0.15, 0.2) is 0 Å². The first-order valence-corrected chi connectivity index (χ1v) is 13.0. The first-order valence-electron chi connectivity index (χ1n) is 11.6. The summed E-state index contributed by atoms with van der Waals surface area (Å²) in [4.78, 5) is 23.9. The third-order valence-electron chi connectivity index (χ3n) is 5.72. The van der Waals surface area contributed by atoms with Gasteiger partial charge in [-0.15, -0.1) is 0 Å². The van der Waals surface area contributed by atoms with E-state index >= 15 is 0 Å². The molecule has 0 aliphatic carbocycles. The van der Waals surface area contributed by atoms with E-state index in [1.165, 1.54) is 40.7 Å². The van der Waals surface area contributed by atoms with Crippen LogP contribution in [0.4, 0.5) is 11.4 Å². The summed E-state index contributed by atoms with van der Waals surface area (Å²) in [7, 11) is -4.04. The second-order valence-electron chi connectivity index (χ2n) is 8.27. The predicted octanol–water partition coefficient (Wildman–Crippen LogP) is 5.14. The molecule has 0 heterocycles. The number of nitrogens with zero attached hydrogens (tertiary/aromatic N) is 3. The molecule has 192 valence electrons. The Morgan fingerprint density at radius 1 is 0.895 bits per heavy atom. The lowest BCUT2D eigenvalue weighted by molar-refractivity contribution is -0.384. The molecule has 10 heteroatoms. The van der Waals surface area contributed by atoms with Crippen molar-refractivity contribution in [1.82, 2.24) is 5.43 Å². The quantitative estimate of drug-likeness (QED) is 0.183. The molecule has 0 saturated heterocycles. The van der Waals surface area contributed by atoms with Crippen LogP contribution in [0.1, 0.15) is 28.4 Å². The van der Waals surface area contributed by atoms with E-state index in [1.807, 2.05) is 30.3 Å². The number of sulfonamides is 1. The van der Waals surface area contributed by atoms with Crippen molar-refractivity contribution < 1.29 is 18.1 Å². The minimum atomic E-state index is -4.04. The second-order valence-corrected chi connectivity index (χ2v) is 10.1. The van der Waals surface area contributed by atoms with Crippen molar-refractivity contribution in [3.8, 4) is 0 Å². The molecule has 0 aliphatic rings. The van der Waals surface area contributed by atoms with Gasteiger partial charge in [-0.05, 0) is 36.8 Å². The van der Waals surface area contributed by atoms with Gasteiger partial charge in [-0.3, -0.25) is 19.2 Å². The van der Waals surface area contributed by atoms with E-state index in [0.29, 0.717) is 11.3 Å². The fraction of sp³-hybridized carbons (Fsp3) is 0.0714. The van der Waals surface area contributed by atoms with Crippen LogP contribution in [0.2, 0.25) is 0 Å². The standard InChI is InChI=1S/C28H24N4O5S/c1-21(23-13-10-14-24(19-23)32(34)35)29-30-28(33)26-17-8-9-18-27(26)31(20-22-11-4-2-5-12-22)38(36,37)25-15-6-3-7-16-25/h2-19H,20H2,1H3,(H,30,33)/b29-21-. The second kappa shape index (κ2) is 11.5. The molecule has 0 aliphatic heterocycles. The molecule has 0 atom stereocenters. The van der Waals surface area contributed by atoms with E-state index in [9.17, 15) is 23.3 Å². The Labute approximate surface area is 220 Å². The average Bonchev–Trinajstić information content (AvgIpc) is 2.95. The van der Waals surface area contributed by atoms with Crippen molar-refractivity contribution in [3.05, 3.63) is 136 Å². The summed E-state index contributed by atoms with van der Waals surface area (Å²) in [6.45, 7) is 1.60. The largest absolute Gasteiger partial charge is 0.273 e. The molecule has 9 nitrogen and oxygen atoms in total. The highest BCUT2D eigenvalue weighted by atomic mass is 32.2. The van der Waals surface area contributed by atoms with Crippen LogP contribution in [0.3, 0.4) is 0 Å². The topological polar surface area (TPSA) is 122 Å². The van der Waals surface area contributed by atoms with Crippen LogP contribution >= 0.6 is 0 Å². The van der Waals surface area contributed by atoms with Gasteiger partial charge in [0, 0.05) is 17.7 Å². The number of nitro groups is 1. The number of hydrazone groups is 1. The zero-order valence-electron chi connectivity index (χ0n) is 20.4. The smallest absolute Gasteiger partial charge is 0.267 e. The van der Waals surface area contributed by atoms with Gasteiger partial charge in [0.2, 0.25) is 0 Å². The molecule has 0 bridgehead atoms. The summed E-state index contributed by atoms with van der Waals surface area (Å²) in [6.07, 6.45) is 0. The van der Waals surface area contributed by atoms with Crippen LogP contribution in [-0.2, 0) is 16.6 Å². The van der Waals surface area contributed by atoms with Crippen molar-refractivity contribution in [2.75, 3.05) is 4.31 Å². The minimum Gasteiger partial charge on any atom is -0.267 e. The summed E-state index contributed by atoms with van der Waals surface area (Å²) in [6, 6.07) is 29.3. The molecule has 0 aromatic heterocycles. The van der Waals surface area contributed by atoms with Crippen LogP contribution in [0.25, 0.3) is 0 Å². The van der Waals surface area contributed by atoms with Crippen molar-refractivity contribution in [1.29, 1.82) is 0 Å². The van der Waals surface area contributed by atoms with Gasteiger partial charge < -0.3 is 0 Å². The van der Waals surface area contributed by atoms with E-state index in [-0.39, 0.29) is 28.4 Å². The Morgan fingerprint density at radius 2 is 1.53 bits per heavy atom. The van der Waals surface area contributed by atoms with Gasteiger partial charge in [-0.25, -0.2) is 13.8 Å². The van der Waals surface area contributed by atoms with Crippen molar-refractivity contribution in [2.24, 2.45) is 5.10 Å². The number of anilines is 1. The molecular weight excluding hydrogens is 504 g/mol. The SMILES string of the molecule is C/C(=N/NC(=O)c1ccccc1N(Cc1ccccc1)S(=O)(=O)c1ccccc1)c1cccc([N+](=O)[O-])c1. The molecule has 0 unspecified atom stereocenters. The van der Waals surface area contributed by atoms with Crippen molar-refractivity contribution >= 4 is 33.0 Å². The maximum absolute atomic E-state index is 13.8. The van der Waals surface area contributed by atoms with Crippen LogP contribution in [-0.4, -0.2) is 25.0 Å². The molecule has 4 rings (SSSR count). The Bertz CT molecular complexity index is 1590. The Balaban J connectivity index is 1.70. The Morgan fingerprint density at radius 3 is 2.21 bits per heavy atom. The minimum absolute atomic E-state index is 0.00165. The summed E-state index contributed by atoms with van der Waals surface area (Å²) in [5.41, 5.74) is 4.18. The van der Waals surface area contributed by atoms with E-state index in [0.717, 1.165) is 5.56 Å². The van der Waals surface area contributed by atoms with E-state index in [4.69, 9.17) is 0 Å². The Kier molecular flexibility index (Phi) is 7.93. The van der Waals surface area contributed by atoms with Gasteiger partial charge in [0.1, 0.15) is 0 Å². The van der Waals surface area contributed by atoms with Crippen molar-refractivity contribution in [3.63, 3.8) is 0 Å². The number of nitrogens with one attached hydrogen (secondary N) is 1. The molecule has 1 amide bonds. The lowest BCUT2D eigenvalue weighted by atomic mass is 10.1. The van der Waals surface area contributed by atoms with Gasteiger partial charge in [0.25, 0.3) is 21.6 Å². The molecule has 0 radical (unpaired) electrons. The number of non-ortho nitro benzene ring substituents is 1. The molecule has 0 spiro atoms. The number of hydrogen-bond acceptors (Lipinski definition) is 6. The first-order chi connectivity index (χ1) is 18.3. The number of rotatable bonds is 9. The summed E-state index contributed by atoms with van der Waals surface area (Å²) in [5, 5.41) is 15.2. The average molecular weight is 529 g/mol. The third kappa shape index (κ3) is 5.93. The lowest BCUT2D eigenvalue weighted by Gasteiger charge is -2.26. The predicted molar refractivity (Wildman–Crippen MR) is 145 cm³/mol. The maximum Gasteiger partial charge on any atom is 0.273 e. The number of carbonyl (C=O) groups excluding carboxylic acids is 1. The molecular formula is C28H24N4O5S. The zero-order chi connectivity index (χ0) is 27.1. The molecule has 0 fully saturated rings. The van der Waals surface area contributed by atoms with Gasteiger partial charge in [0.05, 0.1) is 33.3 Å².